The monoisotopic (exact) mass is 1700 g/mol. The molecule has 8 aromatic carbocycles. The Bertz CT molecular complexity index is 4790. The summed E-state index contributed by atoms with van der Waals surface area (Å²) >= 11 is 0. The number of carbonyl (C=O) groups excluding carboxylic acids is 6. The van der Waals surface area contributed by atoms with E-state index in [1.807, 2.05) is 139 Å². The van der Waals surface area contributed by atoms with Crippen molar-refractivity contribution in [3.8, 4) is 34.5 Å². The van der Waals surface area contributed by atoms with Crippen LogP contribution in [0.2, 0.25) is 0 Å². The molecule has 0 bridgehead atoms. The zero-order valence-electron chi connectivity index (χ0n) is 76.4. The molecule has 24 heteroatoms. The van der Waals surface area contributed by atoms with Gasteiger partial charge in [0.2, 0.25) is 0 Å². The molecule has 0 saturated heterocycles. The number of hydrogen-bond acceptors (Lipinski definition) is 15. The number of aryl methyl sites for hydroxylation is 1. The molecule has 8 rings (SSSR count). The van der Waals surface area contributed by atoms with Crippen molar-refractivity contribution in [2.24, 2.45) is 0 Å². The number of halogens is 6. The molecule has 666 valence electrons. The SMILES string of the molecule is CC(=O)Oc1cc(OC(C)=O)c(C(C)(C)C)c(OC(C)=O)c1.CC(=O)Oc1ccc(C(C)(C)C)cc1.CC(=O)Oc1cccc(C(C)(C)C)c1.CC(=O)Oc1ccccc1C(C)(C)C.CC(C)(C)c1ccc(C(=O)O)cc1.CC(C)(C)c1cccc(C(=O)O)c1.CC(C)(C)c1ccccc1C(=O)O.Cc1cc(C(F)(F)F)c(C(C)(C)C)c(C(F)(F)F)c1. The molecular formula is C98H124F6O18. The van der Waals surface area contributed by atoms with Crippen molar-refractivity contribution in [2.75, 3.05) is 0 Å². The minimum atomic E-state index is -4.81. The van der Waals surface area contributed by atoms with Crippen molar-refractivity contribution in [1.29, 1.82) is 0 Å². The maximum absolute atomic E-state index is 13.0. The fourth-order valence-corrected chi connectivity index (χ4v) is 11.3. The number of benzene rings is 8. The van der Waals surface area contributed by atoms with Crippen LogP contribution in [0.1, 0.15) is 300 Å². The molecule has 3 N–H and O–H groups in total. The Morgan fingerprint density at radius 3 is 0.918 bits per heavy atom. The zero-order chi connectivity index (χ0) is 94.8. The summed E-state index contributed by atoms with van der Waals surface area (Å²) in [5, 5.41) is 26.4. The van der Waals surface area contributed by atoms with E-state index in [4.69, 9.17) is 43.7 Å². The molecule has 0 radical (unpaired) electrons. The number of esters is 6. The first-order valence-corrected chi connectivity index (χ1v) is 39.1. The van der Waals surface area contributed by atoms with Crippen LogP contribution >= 0.6 is 0 Å². The van der Waals surface area contributed by atoms with Crippen molar-refractivity contribution in [3.05, 3.63) is 248 Å². The van der Waals surface area contributed by atoms with Crippen LogP contribution in [0.4, 0.5) is 26.3 Å². The topological polar surface area (TPSA) is 270 Å². The number of para-hydroxylation sites is 1. The second-order valence-corrected chi connectivity index (χ2v) is 36.8. The van der Waals surface area contributed by atoms with Crippen molar-refractivity contribution < 1.29 is 113 Å². The summed E-state index contributed by atoms with van der Waals surface area (Å²) in [5.41, 5.74) is 3.39. The standard InChI is InChI=1S/C16H20O6.C13H14F6.3C12H16O2.3C11H14O2/c1-9(17)20-12-7-13(21-10(2)18)15(16(4,5)6)14(8-12)22-11(3)19;1-7-5-8(12(14,15)16)10(11(2,3)4)9(6-7)13(17,18)19;1-9(13)14-11-7-5-10(6-8-11)12(2,3)4;1-9(13)14-11-7-5-6-10(8-11)12(2,3)4;1-9(13)14-11-8-6-5-7-10(11)12(2,3)4;1-11(2,3)9-6-4-8(5-7-9)10(12)13;1-11(2,3)9-6-4-5-8(7-9)10(12)13;1-11(2,3)9-7-5-4-6-8(9)10(12)13/h7-8H,1-6H3;5-6H,1-4H3;3*5-8H,1-4H3;3*4-7H,1-3H3,(H,12,13). The second kappa shape index (κ2) is 44.9. The van der Waals surface area contributed by atoms with Gasteiger partial charge in [-0.1, -0.05) is 251 Å². The lowest BCUT2D eigenvalue weighted by molar-refractivity contribution is -0.145. The minimum Gasteiger partial charge on any atom is -0.478 e. The summed E-state index contributed by atoms with van der Waals surface area (Å²) in [5.74, 6) is -2.64. The van der Waals surface area contributed by atoms with Gasteiger partial charge >= 0.3 is 66.1 Å². The molecule has 0 aliphatic heterocycles. The number of rotatable bonds is 9. The molecule has 18 nitrogen and oxygen atoms in total. The van der Waals surface area contributed by atoms with Gasteiger partial charge in [0.25, 0.3) is 0 Å². The lowest BCUT2D eigenvalue weighted by atomic mass is 9.79. The average molecular weight is 1700 g/mol. The first kappa shape index (κ1) is 109. The van der Waals surface area contributed by atoms with Gasteiger partial charge in [0.1, 0.15) is 34.5 Å². The number of carbonyl (C=O) groups is 9. The van der Waals surface area contributed by atoms with Crippen molar-refractivity contribution in [1.82, 2.24) is 0 Å². The maximum Gasteiger partial charge on any atom is 0.416 e. The van der Waals surface area contributed by atoms with E-state index in [-0.39, 0.29) is 73.2 Å². The van der Waals surface area contributed by atoms with E-state index < -0.39 is 75.7 Å². The molecule has 0 amide bonds. The second-order valence-electron chi connectivity index (χ2n) is 36.8. The van der Waals surface area contributed by atoms with Gasteiger partial charge in [-0.3, -0.25) is 28.8 Å². The third-order valence-electron chi connectivity index (χ3n) is 17.0. The van der Waals surface area contributed by atoms with Crippen LogP contribution < -0.4 is 28.4 Å². The summed E-state index contributed by atoms with van der Waals surface area (Å²) in [7, 11) is 0. The van der Waals surface area contributed by atoms with E-state index in [0.29, 0.717) is 39.5 Å². The Morgan fingerprint density at radius 2 is 0.582 bits per heavy atom. The van der Waals surface area contributed by atoms with Crippen LogP contribution in [-0.2, 0) is 84.4 Å². The highest BCUT2D eigenvalue weighted by Gasteiger charge is 2.44. The molecule has 0 saturated carbocycles. The zero-order valence-corrected chi connectivity index (χ0v) is 76.4. The highest BCUT2D eigenvalue weighted by atomic mass is 19.4. The normalized spacial score (nSPS) is 11.5. The Morgan fingerprint density at radius 1 is 0.254 bits per heavy atom. The summed E-state index contributed by atoms with van der Waals surface area (Å²) < 4.78 is 108. The predicted molar refractivity (Wildman–Crippen MR) is 465 cm³/mol. The molecule has 0 spiro atoms. The summed E-state index contributed by atoms with van der Waals surface area (Å²) in [6, 6.07) is 48.4. The molecule has 0 aromatic heterocycles. The Hall–Kier alpha value is -11.4. The van der Waals surface area contributed by atoms with Crippen LogP contribution in [0.5, 0.6) is 34.5 Å². The van der Waals surface area contributed by atoms with Gasteiger partial charge < -0.3 is 43.7 Å². The van der Waals surface area contributed by atoms with Crippen molar-refractivity contribution >= 4 is 53.7 Å². The molecule has 0 fully saturated rings. The third kappa shape index (κ3) is 39.4. The number of ether oxygens (including phenoxy) is 6. The van der Waals surface area contributed by atoms with E-state index >= 15 is 0 Å². The summed E-state index contributed by atoms with van der Waals surface area (Å²) in [6.45, 7) is 56.5. The number of carboxylic acid groups (broad SMARTS) is 3. The van der Waals surface area contributed by atoms with E-state index in [9.17, 15) is 69.5 Å². The Labute approximate surface area is 716 Å². The first-order chi connectivity index (χ1) is 55.2. The van der Waals surface area contributed by atoms with Gasteiger partial charge in [-0.2, -0.15) is 26.3 Å². The summed E-state index contributed by atoms with van der Waals surface area (Å²) in [6.07, 6.45) is -9.62. The van der Waals surface area contributed by atoms with Gasteiger partial charge in [0.15, 0.2) is 0 Å². The number of hydrogen-bond donors (Lipinski definition) is 3. The molecule has 0 aliphatic rings. The van der Waals surface area contributed by atoms with E-state index in [0.717, 1.165) is 39.9 Å². The first-order valence-electron chi connectivity index (χ1n) is 39.1. The van der Waals surface area contributed by atoms with Gasteiger partial charge in [0.05, 0.1) is 27.8 Å². The Kier molecular flexibility index (Phi) is 40.0. The average Bonchev–Trinajstić information content (AvgIpc) is 0.748. The number of alkyl halides is 6. The van der Waals surface area contributed by atoms with Crippen LogP contribution in [0, 0.1) is 6.92 Å². The molecule has 8 aromatic rings. The number of carboxylic acids is 3. The molecule has 0 heterocycles. The van der Waals surface area contributed by atoms with Crippen LogP contribution in [0.3, 0.4) is 0 Å². The van der Waals surface area contributed by atoms with Crippen LogP contribution in [0.15, 0.2) is 170 Å². The number of aromatic carboxylic acids is 3. The van der Waals surface area contributed by atoms with Gasteiger partial charge in [0, 0.05) is 64.8 Å². The smallest absolute Gasteiger partial charge is 0.416 e. The fourth-order valence-electron chi connectivity index (χ4n) is 11.3. The Balaban J connectivity index is 0.000000702. The van der Waals surface area contributed by atoms with Crippen LogP contribution in [-0.4, -0.2) is 69.0 Å². The largest absolute Gasteiger partial charge is 0.478 e. The van der Waals surface area contributed by atoms with E-state index in [1.165, 1.54) is 86.9 Å². The predicted octanol–water partition coefficient (Wildman–Crippen LogP) is 24.9. The summed E-state index contributed by atoms with van der Waals surface area (Å²) in [4.78, 5) is 98.2. The fraction of sp³-hybridized carbons (Fsp3) is 0.418. The van der Waals surface area contributed by atoms with Crippen molar-refractivity contribution in [3.63, 3.8) is 0 Å². The lowest BCUT2D eigenvalue weighted by Crippen LogP contribution is -2.25. The molecule has 0 atom stereocenters. The maximum atomic E-state index is 13.0. The molecule has 0 unspecified atom stereocenters. The van der Waals surface area contributed by atoms with Crippen molar-refractivity contribution in [2.45, 2.75) is 270 Å². The van der Waals surface area contributed by atoms with E-state index in [1.54, 1.807) is 48.5 Å². The van der Waals surface area contributed by atoms with Gasteiger partial charge in [-0.05, 0) is 162 Å². The van der Waals surface area contributed by atoms with Gasteiger partial charge in [-0.15, -0.1) is 0 Å². The molecule has 0 aliphatic carbocycles. The quantitative estimate of drug-likeness (QED) is 0.0688. The highest BCUT2D eigenvalue weighted by molar-refractivity contribution is 5.90. The minimum absolute atomic E-state index is 0.00542. The van der Waals surface area contributed by atoms with Crippen LogP contribution in [0.25, 0.3) is 0 Å². The molecular weight excluding hydrogens is 1580 g/mol. The third-order valence-corrected chi connectivity index (χ3v) is 17.0. The highest BCUT2D eigenvalue weighted by Crippen LogP contribution is 2.46. The van der Waals surface area contributed by atoms with E-state index in [2.05, 4.69) is 104 Å². The molecule has 122 heavy (non-hydrogen) atoms. The van der Waals surface area contributed by atoms with Gasteiger partial charge in [-0.25, -0.2) is 14.4 Å². The lowest BCUT2D eigenvalue weighted by Gasteiger charge is -2.28.